The number of halogens is 3. The van der Waals surface area contributed by atoms with E-state index >= 15 is 0 Å². The van der Waals surface area contributed by atoms with E-state index in [9.17, 15) is 8.78 Å². The normalized spacial score (nSPS) is 10.4. The van der Waals surface area contributed by atoms with Crippen LogP contribution in [0.2, 0.25) is 5.02 Å². The molecule has 0 aliphatic carbocycles. The first-order chi connectivity index (χ1) is 8.63. The van der Waals surface area contributed by atoms with Crippen molar-refractivity contribution in [1.29, 1.82) is 0 Å². The van der Waals surface area contributed by atoms with Gasteiger partial charge < -0.3 is 10.5 Å². The van der Waals surface area contributed by atoms with Gasteiger partial charge in [0.15, 0.2) is 11.6 Å². The lowest BCUT2D eigenvalue weighted by Gasteiger charge is -2.11. The standard InChI is InChI=1S/C13H10ClF2NO/c14-9-3-1-5-11(8(9)7-17)18-12-6-2-4-10(15)13(12)16/h1-6H,7,17H2. The number of hydrogen-bond acceptors (Lipinski definition) is 2. The van der Waals surface area contributed by atoms with E-state index in [0.717, 1.165) is 6.07 Å². The van der Waals surface area contributed by atoms with Gasteiger partial charge in [0, 0.05) is 17.1 Å². The van der Waals surface area contributed by atoms with Gasteiger partial charge in [0.25, 0.3) is 0 Å². The highest BCUT2D eigenvalue weighted by atomic mass is 35.5. The highest BCUT2D eigenvalue weighted by Crippen LogP contribution is 2.31. The first kappa shape index (κ1) is 12.8. The van der Waals surface area contributed by atoms with Crippen LogP contribution in [0.4, 0.5) is 8.78 Å². The summed E-state index contributed by atoms with van der Waals surface area (Å²) in [5.41, 5.74) is 6.09. The Morgan fingerprint density at radius 1 is 1.06 bits per heavy atom. The third-order valence-corrected chi connectivity index (χ3v) is 2.77. The van der Waals surface area contributed by atoms with Crippen LogP contribution < -0.4 is 10.5 Å². The van der Waals surface area contributed by atoms with Crippen LogP contribution in [0.25, 0.3) is 0 Å². The van der Waals surface area contributed by atoms with Gasteiger partial charge in [0.05, 0.1) is 0 Å². The molecule has 0 amide bonds. The van der Waals surface area contributed by atoms with Crippen molar-refractivity contribution in [1.82, 2.24) is 0 Å². The van der Waals surface area contributed by atoms with Crippen LogP contribution in [0.5, 0.6) is 11.5 Å². The van der Waals surface area contributed by atoms with E-state index in [4.69, 9.17) is 22.1 Å². The SMILES string of the molecule is NCc1c(Cl)cccc1Oc1cccc(F)c1F. The molecule has 2 aromatic rings. The molecule has 5 heteroatoms. The van der Waals surface area contributed by atoms with Gasteiger partial charge in [-0.25, -0.2) is 4.39 Å². The third-order valence-electron chi connectivity index (χ3n) is 2.42. The highest BCUT2D eigenvalue weighted by molar-refractivity contribution is 6.31. The second-order valence-corrected chi connectivity index (χ2v) is 3.98. The average Bonchev–Trinajstić information content (AvgIpc) is 2.35. The molecule has 0 saturated carbocycles. The summed E-state index contributed by atoms with van der Waals surface area (Å²) in [4.78, 5) is 0. The quantitative estimate of drug-likeness (QED) is 0.918. The van der Waals surface area contributed by atoms with Gasteiger partial charge in [-0.2, -0.15) is 4.39 Å². The van der Waals surface area contributed by atoms with Gasteiger partial charge in [-0.15, -0.1) is 0 Å². The molecule has 2 nitrogen and oxygen atoms in total. The van der Waals surface area contributed by atoms with E-state index in [2.05, 4.69) is 0 Å². The lowest BCUT2D eigenvalue weighted by Crippen LogP contribution is -2.01. The van der Waals surface area contributed by atoms with Crippen molar-refractivity contribution in [3.8, 4) is 11.5 Å². The molecule has 0 heterocycles. The van der Waals surface area contributed by atoms with Crippen LogP contribution in [0.3, 0.4) is 0 Å². The lowest BCUT2D eigenvalue weighted by atomic mass is 10.2. The summed E-state index contributed by atoms with van der Waals surface area (Å²) < 4.78 is 31.8. The van der Waals surface area contributed by atoms with Gasteiger partial charge in [-0.05, 0) is 24.3 Å². The molecule has 0 aromatic heterocycles. The summed E-state index contributed by atoms with van der Waals surface area (Å²) in [7, 11) is 0. The van der Waals surface area contributed by atoms with Crippen molar-refractivity contribution in [3.05, 3.63) is 58.6 Å². The third kappa shape index (κ3) is 2.44. The fourth-order valence-electron chi connectivity index (χ4n) is 1.51. The molecule has 0 radical (unpaired) electrons. The Morgan fingerprint density at radius 2 is 1.72 bits per heavy atom. The summed E-state index contributed by atoms with van der Waals surface area (Å²) in [5.74, 6) is -1.90. The Labute approximate surface area is 108 Å². The smallest absolute Gasteiger partial charge is 0.201 e. The molecule has 2 rings (SSSR count). The summed E-state index contributed by atoms with van der Waals surface area (Å²) in [6, 6.07) is 8.61. The van der Waals surface area contributed by atoms with Crippen LogP contribution in [0.15, 0.2) is 36.4 Å². The van der Waals surface area contributed by atoms with Crippen LogP contribution in [-0.2, 0) is 6.54 Å². The molecule has 94 valence electrons. The Morgan fingerprint density at radius 3 is 2.44 bits per heavy atom. The zero-order valence-electron chi connectivity index (χ0n) is 9.29. The molecule has 0 aliphatic rings. The number of benzene rings is 2. The Bertz CT molecular complexity index is 575. The maximum atomic E-state index is 13.5. The van der Waals surface area contributed by atoms with Crippen LogP contribution in [-0.4, -0.2) is 0 Å². The summed E-state index contributed by atoms with van der Waals surface area (Å²) in [6.45, 7) is 0.145. The minimum absolute atomic E-state index is 0.145. The zero-order chi connectivity index (χ0) is 13.1. The Hall–Kier alpha value is -1.65. The number of nitrogens with two attached hydrogens (primary N) is 1. The molecule has 0 bridgehead atoms. The molecule has 0 saturated heterocycles. The minimum atomic E-state index is -1.04. The first-order valence-corrected chi connectivity index (χ1v) is 5.60. The second kappa shape index (κ2) is 5.33. The number of ether oxygens (including phenoxy) is 1. The maximum Gasteiger partial charge on any atom is 0.201 e. The van der Waals surface area contributed by atoms with E-state index in [0.29, 0.717) is 16.3 Å². The lowest BCUT2D eigenvalue weighted by molar-refractivity contribution is 0.413. The van der Waals surface area contributed by atoms with Gasteiger partial charge in [0.1, 0.15) is 5.75 Å². The molecular formula is C13H10ClF2NO. The van der Waals surface area contributed by atoms with Crippen molar-refractivity contribution in [2.45, 2.75) is 6.54 Å². The molecule has 0 fully saturated rings. The predicted octanol–water partition coefficient (Wildman–Crippen LogP) is 3.87. The molecule has 0 unspecified atom stereocenters. The summed E-state index contributed by atoms with van der Waals surface area (Å²) in [5, 5.41) is 0.423. The van der Waals surface area contributed by atoms with E-state index in [1.165, 1.54) is 12.1 Å². The van der Waals surface area contributed by atoms with E-state index < -0.39 is 11.6 Å². The van der Waals surface area contributed by atoms with Gasteiger partial charge in [0.2, 0.25) is 5.82 Å². The van der Waals surface area contributed by atoms with Crippen molar-refractivity contribution in [2.75, 3.05) is 0 Å². The molecule has 18 heavy (non-hydrogen) atoms. The molecule has 0 aliphatic heterocycles. The predicted molar refractivity (Wildman–Crippen MR) is 65.8 cm³/mol. The highest BCUT2D eigenvalue weighted by Gasteiger charge is 2.12. The first-order valence-electron chi connectivity index (χ1n) is 5.23. The van der Waals surface area contributed by atoms with Crippen molar-refractivity contribution in [3.63, 3.8) is 0 Å². The van der Waals surface area contributed by atoms with E-state index in [1.807, 2.05) is 0 Å². The van der Waals surface area contributed by atoms with Crippen LogP contribution in [0.1, 0.15) is 5.56 Å². The molecule has 2 aromatic carbocycles. The van der Waals surface area contributed by atoms with E-state index in [1.54, 1.807) is 18.2 Å². The largest absolute Gasteiger partial charge is 0.454 e. The van der Waals surface area contributed by atoms with Crippen LogP contribution in [0, 0.1) is 11.6 Å². The Kier molecular flexibility index (Phi) is 3.79. The topological polar surface area (TPSA) is 35.2 Å². The number of rotatable bonds is 3. The summed E-state index contributed by atoms with van der Waals surface area (Å²) >= 11 is 5.94. The maximum absolute atomic E-state index is 13.5. The molecule has 2 N–H and O–H groups in total. The van der Waals surface area contributed by atoms with Crippen molar-refractivity contribution >= 4 is 11.6 Å². The van der Waals surface area contributed by atoms with Gasteiger partial charge in [-0.3, -0.25) is 0 Å². The number of hydrogen-bond donors (Lipinski definition) is 1. The minimum Gasteiger partial charge on any atom is -0.454 e. The fourth-order valence-corrected chi connectivity index (χ4v) is 1.76. The molecular weight excluding hydrogens is 260 g/mol. The van der Waals surface area contributed by atoms with Crippen molar-refractivity contribution in [2.24, 2.45) is 5.73 Å². The fraction of sp³-hybridized carbons (Fsp3) is 0.0769. The van der Waals surface area contributed by atoms with Crippen LogP contribution >= 0.6 is 11.6 Å². The van der Waals surface area contributed by atoms with Crippen molar-refractivity contribution < 1.29 is 13.5 Å². The summed E-state index contributed by atoms with van der Waals surface area (Å²) in [6.07, 6.45) is 0. The average molecular weight is 270 g/mol. The van der Waals surface area contributed by atoms with Gasteiger partial charge >= 0.3 is 0 Å². The monoisotopic (exact) mass is 269 g/mol. The second-order valence-electron chi connectivity index (χ2n) is 3.57. The zero-order valence-corrected chi connectivity index (χ0v) is 10.0. The Balaban J connectivity index is 2.40. The van der Waals surface area contributed by atoms with Gasteiger partial charge in [-0.1, -0.05) is 23.7 Å². The molecule has 0 atom stereocenters. The van der Waals surface area contributed by atoms with E-state index in [-0.39, 0.29) is 12.3 Å². The molecule has 0 spiro atoms.